The van der Waals surface area contributed by atoms with Crippen LogP contribution < -0.4 is 10.0 Å². The molecule has 0 fully saturated rings. The van der Waals surface area contributed by atoms with Crippen LogP contribution in [0.1, 0.15) is 15.9 Å². The van der Waals surface area contributed by atoms with Crippen molar-refractivity contribution in [1.82, 2.24) is 10.2 Å². The van der Waals surface area contributed by atoms with Gasteiger partial charge < -0.3 is 0 Å². The Balaban J connectivity index is 1.71. The summed E-state index contributed by atoms with van der Waals surface area (Å²) in [4.78, 5) is 12.1. The van der Waals surface area contributed by atoms with E-state index in [1.165, 1.54) is 24.3 Å². The van der Waals surface area contributed by atoms with Crippen LogP contribution >= 0.6 is 22.9 Å². The number of benzene rings is 2. The van der Waals surface area contributed by atoms with Crippen LogP contribution in [0.3, 0.4) is 0 Å². The zero-order valence-electron chi connectivity index (χ0n) is 14.1. The van der Waals surface area contributed by atoms with E-state index in [4.69, 9.17) is 11.6 Å². The minimum atomic E-state index is -4.53. The number of anilines is 2. The average molecular weight is 463 g/mol. The second-order valence-corrected chi connectivity index (χ2v) is 8.78. The van der Waals surface area contributed by atoms with Gasteiger partial charge in [-0.1, -0.05) is 22.9 Å². The van der Waals surface area contributed by atoms with E-state index in [9.17, 15) is 26.4 Å². The molecule has 0 aliphatic heterocycles. The molecule has 1 heterocycles. The molecular formula is C16H10ClF3N4O3S2. The van der Waals surface area contributed by atoms with Crippen molar-refractivity contribution in [3.05, 3.63) is 64.7 Å². The molecule has 0 saturated carbocycles. The van der Waals surface area contributed by atoms with Crippen LogP contribution in [0.5, 0.6) is 0 Å². The van der Waals surface area contributed by atoms with Crippen LogP contribution in [-0.2, 0) is 16.2 Å². The quantitative estimate of drug-likeness (QED) is 0.552. The molecule has 7 nitrogen and oxygen atoms in total. The average Bonchev–Trinajstić information content (AvgIpc) is 3.11. The van der Waals surface area contributed by atoms with Gasteiger partial charge in [-0.15, -0.1) is 10.2 Å². The molecule has 0 spiro atoms. The maximum atomic E-state index is 12.6. The number of carbonyl (C=O) groups excluding carboxylic acids is 1. The summed E-state index contributed by atoms with van der Waals surface area (Å²) in [5.74, 6) is -0.544. The molecule has 3 rings (SSSR count). The number of nitrogens with one attached hydrogen (secondary N) is 2. The molecule has 0 atom stereocenters. The van der Waals surface area contributed by atoms with Gasteiger partial charge >= 0.3 is 6.18 Å². The second-order valence-electron chi connectivity index (χ2n) is 5.51. The van der Waals surface area contributed by atoms with Gasteiger partial charge in [-0.2, -0.15) is 21.6 Å². The largest absolute Gasteiger partial charge is 0.416 e. The van der Waals surface area contributed by atoms with E-state index in [0.29, 0.717) is 16.4 Å². The molecule has 13 heteroatoms. The van der Waals surface area contributed by atoms with E-state index >= 15 is 0 Å². The third kappa shape index (κ3) is 5.22. The fourth-order valence-corrected chi connectivity index (χ4v) is 4.15. The number of carbonyl (C=O) groups is 1. The molecule has 0 aliphatic rings. The van der Waals surface area contributed by atoms with E-state index in [2.05, 4.69) is 20.2 Å². The maximum absolute atomic E-state index is 12.6. The summed E-state index contributed by atoms with van der Waals surface area (Å²) in [5.41, 5.74) is -0.722. The number of amides is 1. The fourth-order valence-electron chi connectivity index (χ4n) is 2.07. The molecular weight excluding hydrogens is 453 g/mol. The number of nitrogens with zero attached hydrogens (tertiary/aromatic N) is 2. The third-order valence-corrected chi connectivity index (χ3v) is 6.27. The summed E-state index contributed by atoms with van der Waals surface area (Å²) >= 11 is 6.33. The van der Waals surface area contributed by atoms with E-state index in [1.54, 1.807) is 0 Å². The standard InChI is InChI=1S/C16H10ClF3N4O3S2/c17-11-5-1-9(2-6-11)13(25)21-14-22-23-15(28-14)29(26,27)24-12-7-3-10(4-8-12)16(18,19)20/h1-8,24H,(H,21,22,25). The molecule has 0 radical (unpaired) electrons. The lowest BCUT2D eigenvalue weighted by atomic mass is 10.2. The Morgan fingerprint density at radius 2 is 1.62 bits per heavy atom. The first kappa shape index (κ1) is 21.0. The van der Waals surface area contributed by atoms with Gasteiger partial charge in [0.25, 0.3) is 20.3 Å². The number of aromatic nitrogens is 2. The van der Waals surface area contributed by atoms with Gasteiger partial charge in [0, 0.05) is 16.3 Å². The fraction of sp³-hybridized carbons (Fsp3) is 0.0625. The smallest absolute Gasteiger partial charge is 0.296 e. The Kier molecular flexibility index (Phi) is 5.78. The summed E-state index contributed by atoms with van der Waals surface area (Å²) in [7, 11) is -4.20. The predicted octanol–water partition coefficient (Wildman–Crippen LogP) is 4.26. The topological polar surface area (TPSA) is 101 Å². The Bertz CT molecular complexity index is 1130. The Labute approximate surface area is 171 Å². The normalized spacial score (nSPS) is 11.9. The summed E-state index contributed by atoms with van der Waals surface area (Å²) in [5, 5.41) is 9.88. The molecule has 0 unspecified atom stereocenters. The highest BCUT2D eigenvalue weighted by Gasteiger charge is 2.30. The Hall–Kier alpha value is -2.70. The van der Waals surface area contributed by atoms with Crippen molar-refractivity contribution in [3.63, 3.8) is 0 Å². The zero-order chi connectivity index (χ0) is 21.2. The molecule has 2 aromatic carbocycles. The SMILES string of the molecule is O=C(Nc1nnc(S(=O)(=O)Nc2ccc(C(F)(F)F)cc2)s1)c1ccc(Cl)cc1. The number of rotatable bonds is 5. The van der Waals surface area contributed by atoms with Gasteiger partial charge in [0.05, 0.1) is 5.56 Å². The first-order valence-corrected chi connectivity index (χ1v) is 10.3. The lowest BCUT2D eigenvalue weighted by Gasteiger charge is -2.08. The van der Waals surface area contributed by atoms with Crippen molar-refractivity contribution in [2.75, 3.05) is 10.0 Å². The van der Waals surface area contributed by atoms with E-state index in [0.717, 1.165) is 24.3 Å². The van der Waals surface area contributed by atoms with Gasteiger partial charge in [0.2, 0.25) is 5.13 Å². The number of halogens is 4. The van der Waals surface area contributed by atoms with Crippen LogP contribution in [0, 0.1) is 0 Å². The molecule has 2 N–H and O–H groups in total. The van der Waals surface area contributed by atoms with Crippen molar-refractivity contribution in [1.29, 1.82) is 0 Å². The molecule has 0 bridgehead atoms. The maximum Gasteiger partial charge on any atom is 0.416 e. The highest BCUT2D eigenvalue weighted by molar-refractivity contribution is 7.94. The van der Waals surface area contributed by atoms with Gasteiger partial charge in [-0.3, -0.25) is 14.8 Å². The van der Waals surface area contributed by atoms with Gasteiger partial charge in [0.1, 0.15) is 0 Å². The zero-order valence-corrected chi connectivity index (χ0v) is 16.5. The molecule has 3 aromatic rings. The lowest BCUT2D eigenvalue weighted by Crippen LogP contribution is -2.13. The van der Waals surface area contributed by atoms with Crippen LogP contribution in [0.4, 0.5) is 24.0 Å². The number of alkyl halides is 3. The monoisotopic (exact) mass is 462 g/mol. The number of hydrogen-bond acceptors (Lipinski definition) is 6. The predicted molar refractivity (Wildman–Crippen MR) is 102 cm³/mol. The summed E-state index contributed by atoms with van der Waals surface area (Å²) in [6.07, 6.45) is -4.53. The van der Waals surface area contributed by atoms with Crippen LogP contribution in [-0.4, -0.2) is 24.5 Å². The van der Waals surface area contributed by atoms with Gasteiger partial charge in [-0.25, -0.2) is 0 Å². The summed E-state index contributed by atoms with van der Waals surface area (Å²) < 4.78 is 64.0. The second kappa shape index (κ2) is 7.97. The van der Waals surface area contributed by atoms with Gasteiger partial charge in [-0.05, 0) is 48.5 Å². The van der Waals surface area contributed by atoms with Crippen molar-refractivity contribution >= 4 is 49.7 Å². The van der Waals surface area contributed by atoms with E-state index in [-0.39, 0.29) is 16.4 Å². The van der Waals surface area contributed by atoms with Crippen molar-refractivity contribution in [3.8, 4) is 0 Å². The molecule has 1 amide bonds. The Morgan fingerprint density at radius 1 is 1.00 bits per heavy atom. The minimum Gasteiger partial charge on any atom is -0.296 e. The molecule has 29 heavy (non-hydrogen) atoms. The number of sulfonamides is 1. The minimum absolute atomic E-state index is 0.0715. The summed E-state index contributed by atoms with van der Waals surface area (Å²) in [6, 6.07) is 9.42. The molecule has 152 valence electrons. The van der Waals surface area contributed by atoms with Gasteiger partial charge in [0.15, 0.2) is 0 Å². The van der Waals surface area contributed by atoms with Crippen molar-refractivity contribution in [2.24, 2.45) is 0 Å². The van der Waals surface area contributed by atoms with Crippen LogP contribution in [0.15, 0.2) is 52.9 Å². The highest BCUT2D eigenvalue weighted by atomic mass is 35.5. The molecule has 1 aromatic heterocycles. The number of hydrogen-bond donors (Lipinski definition) is 2. The lowest BCUT2D eigenvalue weighted by molar-refractivity contribution is -0.137. The molecule has 0 aliphatic carbocycles. The van der Waals surface area contributed by atoms with E-state index in [1.807, 2.05) is 0 Å². The van der Waals surface area contributed by atoms with Crippen molar-refractivity contribution < 1.29 is 26.4 Å². The van der Waals surface area contributed by atoms with Crippen molar-refractivity contribution in [2.45, 2.75) is 10.5 Å². The van der Waals surface area contributed by atoms with E-state index < -0.39 is 32.0 Å². The first-order valence-electron chi connectivity index (χ1n) is 7.65. The highest BCUT2D eigenvalue weighted by Crippen LogP contribution is 2.30. The van der Waals surface area contributed by atoms with Crippen LogP contribution in [0.25, 0.3) is 0 Å². The summed E-state index contributed by atoms with van der Waals surface area (Å²) in [6.45, 7) is 0. The van der Waals surface area contributed by atoms with Crippen LogP contribution in [0.2, 0.25) is 5.02 Å². The third-order valence-electron chi connectivity index (χ3n) is 3.43. The first-order chi connectivity index (χ1) is 13.5. The molecule has 0 saturated heterocycles. The Morgan fingerprint density at radius 3 is 2.21 bits per heavy atom.